The van der Waals surface area contributed by atoms with Crippen LogP contribution in [0.4, 0.5) is 0 Å². The fraction of sp³-hybridized carbons (Fsp3) is 0.969. The summed E-state index contributed by atoms with van der Waals surface area (Å²) in [4.78, 5) is 15.2. The molecule has 0 aromatic carbocycles. The molecule has 7 bridgehead atoms. The summed E-state index contributed by atoms with van der Waals surface area (Å²) in [5.74, 6) is 3.13. The zero-order valence-corrected chi connectivity index (χ0v) is 24.2. The number of carbonyl (C=O) groups excluding carboxylic acids is 1. The third-order valence-corrected chi connectivity index (χ3v) is 14.5. The number of hydrogen-bond donors (Lipinski definition) is 1. The van der Waals surface area contributed by atoms with E-state index in [0.717, 1.165) is 42.9 Å². The summed E-state index contributed by atoms with van der Waals surface area (Å²) in [5.41, 5.74) is 0.348. The van der Waals surface area contributed by atoms with Crippen LogP contribution in [-0.4, -0.2) is 52.1 Å². The lowest BCUT2D eigenvalue weighted by atomic mass is 9.41. The van der Waals surface area contributed by atoms with E-state index in [1.165, 1.54) is 64.8 Å². The van der Waals surface area contributed by atoms with E-state index in [4.69, 9.17) is 9.47 Å². The first kappa shape index (κ1) is 25.3. The number of rotatable bonds is 5. The molecule has 13 atom stereocenters. The Balaban J connectivity index is 1.30. The van der Waals surface area contributed by atoms with Crippen LogP contribution >= 0.6 is 0 Å². The predicted molar refractivity (Wildman–Crippen MR) is 143 cm³/mol. The molecular weight excluding hydrogens is 462 g/mol. The molecule has 5 heteroatoms. The van der Waals surface area contributed by atoms with E-state index in [0.29, 0.717) is 22.4 Å². The maximum Gasteiger partial charge on any atom is 0.302 e. The minimum Gasteiger partial charge on any atom is -0.462 e. The molecule has 0 radical (unpaired) electrons. The van der Waals surface area contributed by atoms with Gasteiger partial charge in [0, 0.05) is 31.0 Å². The zero-order valence-electron chi connectivity index (χ0n) is 24.2. The lowest BCUT2D eigenvalue weighted by Gasteiger charge is -2.67. The van der Waals surface area contributed by atoms with Crippen molar-refractivity contribution in [2.24, 2.45) is 45.8 Å². The van der Waals surface area contributed by atoms with Gasteiger partial charge in [0.05, 0.1) is 11.0 Å². The topological polar surface area (TPSA) is 59.0 Å². The van der Waals surface area contributed by atoms with Crippen molar-refractivity contribution in [1.29, 1.82) is 0 Å². The second kappa shape index (κ2) is 7.75. The van der Waals surface area contributed by atoms with Gasteiger partial charge in [-0.25, -0.2) is 0 Å². The largest absolute Gasteiger partial charge is 0.462 e. The Hall–Kier alpha value is -0.650. The van der Waals surface area contributed by atoms with Crippen molar-refractivity contribution in [2.75, 3.05) is 6.54 Å². The average molecular weight is 514 g/mol. The number of piperidine rings is 2. The van der Waals surface area contributed by atoms with Crippen LogP contribution in [0.15, 0.2) is 0 Å². The highest BCUT2D eigenvalue weighted by Crippen LogP contribution is 2.79. The van der Waals surface area contributed by atoms with Crippen molar-refractivity contribution in [3.63, 3.8) is 0 Å². The first-order chi connectivity index (χ1) is 17.4. The Bertz CT molecular complexity index is 984. The highest BCUT2D eigenvalue weighted by Gasteiger charge is 2.80. The summed E-state index contributed by atoms with van der Waals surface area (Å²) in [6, 6.07) is 0.713. The van der Waals surface area contributed by atoms with Gasteiger partial charge in [-0.2, -0.15) is 0 Å². The highest BCUT2D eigenvalue weighted by atomic mass is 16.6. The molecule has 0 aromatic rings. The van der Waals surface area contributed by atoms with E-state index in [2.05, 4.69) is 39.5 Å². The second-order valence-electron chi connectivity index (χ2n) is 15.7. The smallest absolute Gasteiger partial charge is 0.302 e. The van der Waals surface area contributed by atoms with Crippen LogP contribution < -0.4 is 0 Å². The van der Waals surface area contributed by atoms with Gasteiger partial charge in [0.25, 0.3) is 0 Å². The molecule has 4 heterocycles. The average Bonchev–Trinajstić information content (AvgIpc) is 3.35. The van der Waals surface area contributed by atoms with Gasteiger partial charge >= 0.3 is 5.97 Å². The van der Waals surface area contributed by atoms with Crippen LogP contribution in [0.5, 0.6) is 0 Å². The fourth-order valence-corrected chi connectivity index (χ4v) is 13.0. The number of aliphatic hydroxyl groups excluding tert-OH is 1. The number of aliphatic hydroxyl groups is 1. The molecule has 7 aliphatic rings. The van der Waals surface area contributed by atoms with Crippen LogP contribution in [-0.2, 0) is 14.3 Å². The minimum absolute atomic E-state index is 0.204. The van der Waals surface area contributed by atoms with Crippen molar-refractivity contribution < 1.29 is 19.4 Å². The van der Waals surface area contributed by atoms with Gasteiger partial charge in [0.2, 0.25) is 0 Å². The van der Waals surface area contributed by atoms with Gasteiger partial charge in [-0.15, -0.1) is 0 Å². The number of carbonyl (C=O) groups is 1. The molecule has 5 nitrogen and oxygen atoms in total. The summed E-state index contributed by atoms with van der Waals surface area (Å²) >= 11 is 0. The first-order valence-corrected chi connectivity index (χ1v) is 15.7. The molecule has 0 aromatic heterocycles. The first-order valence-electron chi connectivity index (χ1n) is 15.7. The second-order valence-corrected chi connectivity index (χ2v) is 15.7. The van der Waals surface area contributed by atoms with Crippen LogP contribution in [0.1, 0.15) is 112 Å². The van der Waals surface area contributed by atoms with E-state index in [9.17, 15) is 9.90 Å². The van der Waals surface area contributed by atoms with Gasteiger partial charge in [-0.05, 0) is 106 Å². The standard InChI is InChI=1S/C32H51NO4/c1-19(2)22-10-14-28(4)21-9-16-31-13-7-8-24(31)32(28,26(22)33(31)18-21)17-11-23-29(5)15-12-25(36-20(3)34)30(23,6)27(35)37-29/h19,21-27,35H,7-18H2,1-6H3/t21?,22?,23?,24?,25?,26?,27?,28?,29?,30?,31-,32?/m1/s1. The summed E-state index contributed by atoms with van der Waals surface area (Å²) in [6.07, 6.45) is 12.7. The summed E-state index contributed by atoms with van der Waals surface area (Å²) in [6.45, 7) is 14.9. The predicted octanol–water partition coefficient (Wildman–Crippen LogP) is 5.93. The number of esters is 1. The SMILES string of the molecule is CC(=O)OC1CCC2(C)OC(O)C1(C)C2CCC12C3C(C(C)C)CCC1(C)C1CC[C@@]4(CCCC24)N3C1. The lowest BCUT2D eigenvalue weighted by molar-refractivity contribution is -0.188. The van der Waals surface area contributed by atoms with Crippen LogP contribution in [0, 0.1) is 45.8 Å². The molecule has 1 N–H and O–H groups in total. The molecule has 0 amide bonds. The maximum absolute atomic E-state index is 12.1. The van der Waals surface area contributed by atoms with Crippen molar-refractivity contribution in [2.45, 2.75) is 142 Å². The monoisotopic (exact) mass is 513 g/mol. The van der Waals surface area contributed by atoms with E-state index in [1.807, 2.05) is 0 Å². The van der Waals surface area contributed by atoms with Crippen LogP contribution in [0.2, 0.25) is 0 Å². The van der Waals surface area contributed by atoms with E-state index >= 15 is 0 Å². The molecule has 7 fully saturated rings. The fourth-order valence-electron chi connectivity index (χ4n) is 13.0. The van der Waals surface area contributed by atoms with Crippen molar-refractivity contribution in [3.8, 4) is 0 Å². The molecule has 4 saturated heterocycles. The minimum atomic E-state index is -0.870. The zero-order chi connectivity index (χ0) is 26.2. The molecule has 12 unspecified atom stereocenters. The van der Waals surface area contributed by atoms with Gasteiger partial charge in [0.1, 0.15) is 6.10 Å². The Morgan fingerprint density at radius 3 is 2.59 bits per heavy atom. The molecule has 37 heavy (non-hydrogen) atoms. The molecule has 3 saturated carbocycles. The summed E-state index contributed by atoms with van der Waals surface area (Å²) in [5, 5.41) is 11.3. The van der Waals surface area contributed by atoms with Gasteiger partial charge < -0.3 is 14.6 Å². The van der Waals surface area contributed by atoms with Crippen LogP contribution in [0.25, 0.3) is 0 Å². The number of fused-ring (bicyclic) bond motifs is 4. The van der Waals surface area contributed by atoms with Crippen LogP contribution in [0.3, 0.4) is 0 Å². The Kier molecular flexibility index (Phi) is 5.31. The number of ether oxygens (including phenoxy) is 2. The van der Waals surface area contributed by atoms with E-state index < -0.39 is 11.7 Å². The third-order valence-electron chi connectivity index (χ3n) is 14.5. The Morgan fingerprint density at radius 2 is 1.86 bits per heavy atom. The number of nitrogens with zero attached hydrogens (tertiary/aromatic N) is 1. The van der Waals surface area contributed by atoms with Gasteiger partial charge in [-0.1, -0.05) is 34.1 Å². The van der Waals surface area contributed by atoms with Crippen molar-refractivity contribution in [3.05, 3.63) is 0 Å². The molecule has 4 aliphatic heterocycles. The molecule has 208 valence electrons. The Morgan fingerprint density at radius 1 is 1.08 bits per heavy atom. The highest BCUT2D eigenvalue weighted by molar-refractivity contribution is 5.66. The quantitative estimate of drug-likeness (QED) is 0.462. The molecule has 7 rings (SSSR count). The molecular formula is C32H51NO4. The summed E-state index contributed by atoms with van der Waals surface area (Å²) in [7, 11) is 0. The molecule has 3 aliphatic carbocycles. The Labute approximate surface area is 224 Å². The summed E-state index contributed by atoms with van der Waals surface area (Å²) < 4.78 is 12.3. The van der Waals surface area contributed by atoms with Gasteiger partial charge in [-0.3, -0.25) is 9.69 Å². The van der Waals surface area contributed by atoms with E-state index in [1.54, 1.807) is 0 Å². The number of hydrogen-bond acceptors (Lipinski definition) is 5. The van der Waals surface area contributed by atoms with Crippen molar-refractivity contribution >= 4 is 5.97 Å². The van der Waals surface area contributed by atoms with Gasteiger partial charge in [0.15, 0.2) is 6.29 Å². The third kappa shape index (κ3) is 2.81. The van der Waals surface area contributed by atoms with Crippen molar-refractivity contribution in [1.82, 2.24) is 4.90 Å². The normalized spacial score (nSPS) is 59.1. The van der Waals surface area contributed by atoms with E-state index in [-0.39, 0.29) is 23.6 Å². The molecule has 1 spiro atoms. The lowest BCUT2D eigenvalue weighted by Crippen LogP contribution is -2.68. The maximum atomic E-state index is 12.1.